The van der Waals surface area contributed by atoms with Crippen molar-refractivity contribution in [3.63, 3.8) is 0 Å². The summed E-state index contributed by atoms with van der Waals surface area (Å²) in [7, 11) is 1.29. The lowest BCUT2D eigenvalue weighted by atomic mass is 10.0. The van der Waals surface area contributed by atoms with E-state index in [9.17, 15) is 29.3 Å². The highest BCUT2D eigenvalue weighted by Crippen LogP contribution is 2.43. The Morgan fingerprint density at radius 1 is 0.600 bits per heavy atom. The van der Waals surface area contributed by atoms with E-state index in [0.717, 1.165) is 51.4 Å². The number of ether oxygens (including phenoxy) is 2. The maximum Gasteiger partial charge on any atom is 0.472 e. The van der Waals surface area contributed by atoms with Crippen LogP contribution in [0.25, 0.3) is 0 Å². The van der Waals surface area contributed by atoms with Gasteiger partial charge in [0.15, 0.2) is 6.10 Å². The van der Waals surface area contributed by atoms with Gasteiger partial charge in [-0.05, 0) is 77.0 Å². The van der Waals surface area contributed by atoms with E-state index < -0.39 is 44.7 Å². The number of allylic oxidation sites excluding steroid dienone is 9. The number of esters is 2. The molecule has 0 saturated carbocycles. The normalized spacial score (nSPS) is 15.1. The number of quaternary nitrogens is 1. The predicted octanol–water partition coefficient (Wildman–Crippen LogP) is 11.2. The summed E-state index contributed by atoms with van der Waals surface area (Å²) in [6.07, 6.45) is 40.1. The number of unbranched alkanes of at least 4 members (excludes halogenated alkanes) is 13. The SMILES string of the molecule is CC/C=C\C/C=C\C/C=C\C/C=C\C[C@@H](O)[C@H](O)CCCC(=O)O[C@H](COC(=O)CCCCCCCCC/C=C\CCCCCCCC)COP(=O)(O)OCC[N+](C)(C)C. The summed E-state index contributed by atoms with van der Waals surface area (Å²) in [6, 6.07) is 0. The van der Waals surface area contributed by atoms with E-state index in [1.54, 1.807) is 0 Å². The number of likely N-dealkylation sites (N-methyl/N-ethyl adjacent to an activating group) is 1. The van der Waals surface area contributed by atoms with Gasteiger partial charge in [0.05, 0.1) is 40.0 Å². The van der Waals surface area contributed by atoms with Crippen molar-refractivity contribution in [3.8, 4) is 0 Å². The third-order valence-corrected chi connectivity index (χ3v) is 10.7. The molecule has 0 aliphatic carbocycles. The Morgan fingerprint density at radius 2 is 1.12 bits per heavy atom. The van der Waals surface area contributed by atoms with E-state index in [2.05, 4.69) is 62.5 Å². The maximum atomic E-state index is 12.7. The highest BCUT2D eigenvalue weighted by atomic mass is 31.2. The van der Waals surface area contributed by atoms with Crippen LogP contribution in [0, 0.1) is 0 Å². The molecule has 0 aromatic heterocycles. The molecule has 0 aliphatic rings. The zero-order valence-electron chi connectivity index (χ0n) is 38.4. The second-order valence-corrected chi connectivity index (χ2v) is 18.2. The zero-order chi connectivity index (χ0) is 44.6. The Bertz CT molecular complexity index is 1240. The number of hydrogen-bond donors (Lipinski definition) is 3. The average molecular weight is 869 g/mol. The van der Waals surface area contributed by atoms with Gasteiger partial charge in [0, 0.05) is 12.8 Å². The van der Waals surface area contributed by atoms with E-state index in [4.69, 9.17) is 18.5 Å². The molecule has 1 unspecified atom stereocenters. The molecule has 0 rings (SSSR count). The van der Waals surface area contributed by atoms with Crippen molar-refractivity contribution in [2.24, 2.45) is 0 Å². The minimum absolute atomic E-state index is 0.0239. The Hall–Kier alpha value is -2.37. The van der Waals surface area contributed by atoms with E-state index >= 15 is 0 Å². The molecule has 3 N–H and O–H groups in total. The molecule has 0 amide bonds. The lowest BCUT2D eigenvalue weighted by Crippen LogP contribution is -2.37. The van der Waals surface area contributed by atoms with Gasteiger partial charge in [0.2, 0.25) is 0 Å². The van der Waals surface area contributed by atoms with E-state index in [1.165, 1.54) is 64.2 Å². The molecule has 12 heteroatoms. The van der Waals surface area contributed by atoms with Crippen molar-refractivity contribution in [2.45, 2.75) is 186 Å². The van der Waals surface area contributed by atoms with E-state index in [0.29, 0.717) is 17.4 Å². The molecule has 0 fully saturated rings. The summed E-state index contributed by atoms with van der Waals surface area (Å²) >= 11 is 0. The summed E-state index contributed by atoms with van der Waals surface area (Å²) in [5, 5.41) is 20.8. The first kappa shape index (κ1) is 57.6. The molecular weight excluding hydrogens is 781 g/mol. The van der Waals surface area contributed by atoms with Gasteiger partial charge < -0.3 is 29.1 Å². The fraction of sp³-hybridized carbons (Fsp3) is 0.750. The van der Waals surface area contributed by atoms with Crippen LogP contribution in [0.2, 0.25) is 0 Å². The Labute approximate surface area is 365 Å². The first-order valence-corrected chi connectivity index (χ1v) is 24.7. The molecule has 0 aromatic rings. The molecular formula is C48H87NO10P+. The summed E-state index contributed by atoms with van der Waals surface area (Å²) in [5.74, 6) is -1.09. The number of aliphatic hydroxyl groups excluding tert-OH is 2. The quantitative estimate of drug-likeness (QED) is 0.0178. The standard InChI is InChI=1S/C48H86NO10P/c1-6-8-10-12-14-16-18-20-21-22-23-24-26-28-30-32-34-38-47(52)56-42-44(43-58-60(54,55)57-41-40-49(3,4)5)59-48(53)39-35-37-46(51)45(50)36-33-31-29-27-25-19-17-15-13-11-9-7-2/h9,11,15,17,20-21,25,27,31,33,44-46,50-51H,6-8,10,12-14,16,18-19,22-24,26,28-30,32,34-43H2,1-5H3/p+1/b11-9-,17-15-,21-20-,27-25-,33-31-/t44-,45-,46-/m1/s1. The van der Waals surface area contributed by atoms with Crippen LogP contribution in [0.1, 0.15) is 168 Å². The third-order valence-electron chi connectivity index (χ3n) is 9.73. The van der Waals surface area contributed by atoms with Crippen molar-refractivity contribution in [1.29, 1.82) is 0 Å². The Balaban J connectivity index is 4.58. The fourth-order valence-corrected chi connectivity index (χ4v) is 6.72. The highest BCUT2D eigenvalue weighted by molar-refractivity contribution is 7.47. The second kappa shape index (κ2) is 39.5. The first-order valence-electron chi connectivity index (χ1n) is 23.2. The smallest absolute Gasteiger partial charge is 0.462 e. The fourth-order valence-electron chi connectivity index (χ4n) is 5.98. The van der Waals surface area contributed by atoms with Crippen LogP contribution >= 0.6 is 7.82 Å². The van der Waals surface area contributed by atoms with Crippen molar-refractivity contribution >= 4 is 19.8 Å². The number of hydrogen-bond acceptors (Lipinski definition) is 9. The molecule has 0 spiro atoms. The molecule has 0 saturated heterocycles. The lowest BCUT2D eigenvalue weighted by Gasteiger charge is -2.24. The number of carbonyl (C=O) groups excluding carboxylic acids is 2. The monoisotopic (exact) mass is 869 g/mol. The number of aliphatic hydroxyl groups is 2. The topological polar surface area (TPSA) is 149 Å². The highest BCUT2D eigenvalue weighted by Gasteiger charge is 2.27. The van der Waals surface area contributed by atoms with Gasteiger partial charge in [-0.15, -0.1) is 0 Å². The number of phosphoric acid groups is 1. The van der Waals surface area contributed by atoms with E-state index in [1.807, 2.05) is 33.3 Å². The number of phosphoric ester groups is 1. The number of nitrogens with zero attached hydrogens (tertiary/aromatic N) is 1. The summed E-state index contributed by atoms with van der Waals surface area (Å²) in [6.45, 7) is 3.95. The van der Waals surface area contributed by atoms with Gasteiger partial charge in [-0.3, -0.25) is 18.6 Å². The minimum Gasteiger partial charge on any atom is -0.462 e. The van der Waals surface area contributed by atoms with Crippen molar-refractivity contribution in [2.75, 3.05) is 47.5 Å². The first-order chi connectivity index (χ1) is 28.8. The summed E-state index contributed by atoms with van der Waals surface area (Å²) in [4.78, 5) is 35.5. The molecule has 0 radical (unpaired) electrons. The molecule has 60 heavy (non-hydrogen) atoms. The van der Waals surface area contributed by atoms with Crippen LogP contribution in [-0.4, -0.2) is 97.3 Å². The van der Waals surface area contributed by atoms with Gasteiger partial charge >= 0.3 is 19.8 Å². The van der Waals surface area contributed by atoms with Crippen LogP contribution < -0.4 is 0 Å². The molecule has 0 aromatic carbocycles. The lowest BCUT2D eigenvalue weighted by molar-refractivity contribution is -0.870. The van der Waals surface area contributed by atoms with Crippen molar-refractivity contribution in [3.05, 3.63) is 60.8 Å². The summed E-state index contributed by atoms with van der Waals surface area (Å²) < 4.78 is 34.1. The molecule has 0 aliphatic heterocycles. The van der Waals surface area contributed by atoms with Crippen LogP contribution in [-0.2, 0) is 32.7 Å². The third kappa shape index (κ3) is 41.0. The van der Waals surface area contributed by atoms with Crippen LogP contribution in [0.15, 0.2) is 60.8 Å². The predicted molar refractivity (Wildman–Crippen MR) is 245 cm³/mol. The Morgan fingerprint density at radius 3 is 1.68 bits per heavy atom. The molecule has 0 heterocycles. The van der Waals surface area contributed by atoms with E-state index in [-0.39, 0.29) is 45.3 Å². The number of rotatable bonds is 41. The molecule has 4 atom stereocenters. The van der Waals surface area contributed by atoms with Crippen molar-refractivity contribution < 1.29 is 52.3 Å². The molecule has 11 nitrogen and oxygen atoms in total. The van der Waals surface area contributed by atoms with Gasteiger partial charge in [0.25, 0.3) is 0 Å². The molecule has 0 bridgehead atoms. The second-order valence-electron chi connectivity index (χ2n) is 16.7. The van der Waals surface area contributed by atoms with Gasteiger partial charge in [-0.1, -0.05) is 139 Å². The molecule has 348 valence electrons. The maximum absolute atomic E-state index is 12.7. The van der Waals surface area contributed by atoms with Gasteiger partial charge in [0.1, 0.15) is 19.8 Å². The number of carbonyl (C=O) groups is 2. The zero-order valence-corrected chi connectivity index (χ0v) is 39.3. The van der Waals surface area contributed by atoms with Gasteiger partial charge in [-0.2, -0.15) is 0 Å². The Kier molecular flexibility index (Phi) is 37.9. The van der Waals surface area contributed by atoms with Crippen LogP contribution in [0.3, 0.4) is 0 Å². The summed E-state index contributed by atoms with van der Waals surface area (Å²) in [5.41, 5.74) is 0. The van der Waals surface area contributed by atoms with Gasteiger partial charge in [-0.25, -0.2) is 4.57 Å². The minimum atomic E-state index is -4.46. The van der Waals surface area contributed by atoms with Crippen LogP contribution in [0.5, 0.6) is 0 Å². The average Bonchev–Trinajstić information content (AvgIpc) is 3.19. The van der Waals surface area contributed by atoms with Crippen molar-refractivity contribution in [1.82, 2.24) is 0 Å². The van der Waals surface area contributed by atoms with Crippen LogP contribution in [0.4, 0.5) is 0 Å². The largest absolute Gasteiger partial charge is 0.472 e.